The molecule has 0 bridgehead atoms. The van der Waals surface area contributed by atoms with E-state index in [0.717, 1.165) is 12.8 Å². The van der Waals surface area contributed by atoms with Crippen LogP contribution in [-0.2, 0) is 4.79 Å². The van der Waals surface area contributed by atoms with E-state index < -0.39 is 0 Å². The first-order chi connectivity index (χ1) is 7.57. The zero-order valence-corrected chi connectivity index (χ0v) is 11.0. The molecule has 0 spiro atoms. The summed E-state index contributed by atoms with van der Waals surface area (Å²) in [7, 11) is 1.82. The number of thiophene rings is 1. The van der Waals surface area contributed by atoms with E-state index in [9.17, 15) is 4.79 Å². The third-order valence-electron chi connectivity index (χ3n) is 2.80. The summed E-state index contributed by atoms with van der Waals surface area (Å²) >= 11 is 1.67. The normalized spacial score (nSPS) is 14.5. The van der Waals surface area contributed by atoms with Gasteiger partial charge in [0.2, 0.25) is 5.91 Å². The quantitative estimate of drug-likeness (QED) is 0.859. The molecule has 0 aromatic carbocycles. The molecule has 1 aromatic heterocycles. The molecule has 1 aromatic rings. The molecule has 3 nitrogen and oxygen atoms in total. The van der Waals surface area contributed by atoms with Crippen LogP contribution in [0.2, 0.25) is 0 Å². The van der Waals surface area contributed by atoms with Crippen molar-refractivity contribution in [3.63, 3.8) is 0 Å². The van der Waals surface area contributed by atoms with Crippen molar-refractivity contribution in [1.29, 1.82) is 0 Å². The van der Waals surface area contributed by atoms with Crippen molar-refractivity contribution >= 4 is 17.2 Å². The lowest BCUT2D eigenvalue weighted by Gasteiger charge is -2.26. The Labute approximate surface area is 101 Å². The molecule has 0 saturated carbocycles. The Kier molecular flexibility index (Phi) is 4.96. The summed E-state index contributed by atoms with van der Waals surface area (Å²) in [6.45, 7) is 4.07. The number of amides is 1. The third-order valence-corrected chi connectivity index (χ3v) is 3.84. The van der Waals surface area contributed by atoms with Gasteiger partial charge in [-0.25, -0.2) is 0 Å². The highest BCUT2D eigenvalue weighted by molar-refractivity contribution is 7.10. The number of rotatable bonds is 5. The Bertz CT molecular complexity index is 324. The number of carbonyl (C=O) groups is 1. The topological polar surface area (TPSA) is 46.3 Å². The molecule has 0 saturated heterocycles. The first-order valence-corrected chi connectivity index (χ1v) is 6.51. The van der Waals surface area contributed by atoms with Crippen LogP contribution in [-0.4, -0.2) is 23.9 Å². The molecule has 16 heavy (non-hydrogen) atoms. The zero-order valence-electron chi connectivity index (χ0n) is 10.1. The first-order valence-electron chi connectivity index (χ1n) is 5.63. The Hall–Kier alpha value is -0.870. The van der Waals surface area contributed by atoms with Crippen molar-refractivity contribution in [2.45, 2.75) is 38.8 Å². The molecular weight excluding hydrogens is 220 g/mol. The van der Waals surface area contributed by atoms with E-state index in [1.165, 1.54) is 4.88 Å². The maximum atomic E-state index is 12.0. The standard InChI is InChI=1S/C12H20N2OS/c1-4-6-10(13)12(15)14(3)9(2)11-7-5-8-16-11/h5,7-10H,4,6,13H2,1-3H3. The van der Waals surface area contributed by atoms with Crippen LogP contribution in [0.5, 0.6) is 0 Å². The minimum atomic E-state index is -0.364. The molecule has 2 atom stereocenters. The van der Waals surface area contributed by atoms with Crippen molar-refractivity contribution in [2.75, 3.05) is 7.05 Å². The average Bonchev–Trinajstić information content (AvgIpc) is 2.79. The van der Waals surface area contributed by atoms with E-state index in [1.807, 2.05) is 38.4 Å². The van der Waals surface area contributed by atoms with Crippen LogP contribution < -0.4 is 5.73 Å². The molecule has 2 unspecified atom stereocenters. The monoisotopic (exact) mass is 240 g/mol. The maximum absolute atomic E-state index is 12.0. The summed E-state index contributed by atoms with van der Waals surface area (Å²) in [5.74, 6) is 0.0303. The Balaban J connectivity index is 2.63. The highest BCUT2D eigenvalue weighted by Crippen LogP contribution is 2.23. The fourth-order valence-electron chi connectivity index (χ4n) is 1.61. The van der Waals surface area contributed by atoms with Gasteiger partial charge in [-0.05, 0) is 24.8 Å². The molecule has 4 heteroatoms. The van der Waals surface area contributed by atoms with Gasteiger partial charge >= 0.3 is 0 Å². The van der Waals surface area contributed by atoms with Crippen LogP contribution in [0.25, 0.3) is 0 Å². The van der Waals surface area contributed by atoms with Gasteiger partial charge in [0.05, 0.1) is 12.1 Å². The average molecular weight is 240 g/mol. The van der Waals surface area contributed by atoms with Crippen molar-refractivity contribution in [2.24, 2.45) is 5.73 Å². The van der Waals surface area contributed by atoms with Crippen LogP contribution in [0.1, 0.15) is 37.6 Å². The van der Waals surface area contributed by atoms with Gasteiger partial charge in [-0.3, -0.25) is 4.79 Å². The van der Waals surface area contributed by atoms with Gasteiger partial charge in [-0.1, -0.05) is 19.4 Å². The second-order valence-corrected chi connectivity index (χ2v) is 5.01. The van der Waals surface area contributed by atoms with Crippen molar-refractivity contribution in [3.8, 4) is 0 Å². The Morgan fingerprint density at radius 3 is 2.81 bits per heavy atom. The lowest BCUT2D eigenvalue weighted by molar-refractivity contribution is -0.133. The molecule has 0 radical (unpaired) electrons. The molecule has 0 aliphatic carbocycles. The van der Waals surface area contributed by atoms with Crippen LogP contribution >= 0.6 is 11.3 Å². The van der Waals surface area contributed by atoms with Gasteiger partial charge in [-0.15, -0.1) is 11.3 Å². The molecule has 1 rings (SSSR count). The predicted molar refractivity (Wildman–Crippen MR) is 68.4 cm³/mol. The largest absolute Gasteiger partial charge is 0.337 e. The van der Waals surface area contributed by atoms with Gasteiger partial charge in [0.1, 0.15) is 0 Å². The molecule has 0 aliphatic heterocycles. The highest BCUT2D eigenvalue weighted by atomic mass is 32.1. The number of carbonyl (C=O) groups excluding carboxylic acids is 1. The fourth-order valence-corrected chi connectivity index (χ4v) is 2.43. The summed E-state index contributed by atoms with van der Waals surface area (Å²) in [5.41, 5.74) is 5.83. The SMILES string of the molecule is CCCC(N)C(=O)N(C)C(C)c1cccs1. The second kappa shape index (κ2) is 6.01. The second-order valence-electron chi connectivity index (χ2n) is 4.04. The summed E-state index contributed by atoms with van der Waals surface area (Å²) in [6.07, 6.45) is 1.69. The molecule has 0 aliphatic rings. The van der Waals surface area contributed by atoms with Crippen LogP contribution in [0.3, 0.4) is 0 Å². The van der Waals surface area contributed by atoms with E-state index in [1.54, 1.807) is 16.2 Å². The van der Waals surface area contributed by atoms with E-state index >= 15 is 0 Å². The number of hydrogen-bond acceptors (Lipinski definition) is 3. The summed E-state index contributed by atoms with van der Waals surface area (Å²) < 4.78 is 0. The number of hydrogen-bond donors (Lipinski definition) is 1. The van der Waals surface area contributed by atoms with Gasteiger partial charge in [0.25, 0.3) is 0 Å². The van der Waals surface area contributed by atoms with E-state index in [2.05, 4.69) is 0 Å². The van der Waals surface area contributed by atoms with Crippen LogP contribution in [0.15, 0.2) is 17.5 Å². The van der Waals surface area contributed by atoms with Gasteiger partial charge in [-0.2, -0.15) is 0 Å². The Morgan fingerprint density at radius 1 is 1.62 bits per heavy atom. The number of nitrogens with zero attached hydrogens (tertiary/aromatic N) is 1. The Morgan fingerprint density at radius 2 is 2.31 bits per heavy atom. The van der Waals surface area contributed by atoms with E-state index in [0.29, 0.717) is 0 Å². The number of likely N-dealkylation sites (N-methyl/N-ethyl adjacent to an activating group) is 1. The molecular formula is C12H20N2OS. The molecule has 0 fully saturated rings. The zero-order chi connectivity index (χ0) is 12.1. The molecule has 2 N–H and O–H groups in total. The fraction of sp³-hybridized carbons (Fsp3) is 0.583. The van der Waals surface area contributed by atoms with E-state index in [-0.39, 0.29) is 18.0 Å². The third kappa shape index (κ3) is 3.06. The molecule has 1 amide bonds. The lowest BCUT2D eigenvalue weighted by Crippen LogP contribution is -2.42. The summed E-state index contributed by atoms with van der Waals surface area (Å²) in [5, 5.41) is 2.02. The van der Waals surface area contributed by atoms with Crippen molar-refractivity contribution in [3.05, 3.63) is 22.4 Å². The molecule has 90 valence electrons. The van der Waals surface area contributed by atoms with Crippen molar-refractivity contribution in [1.82, 2.24) is 4.90 Å². The van der Waals surface area contributed by atoms with E-state index in [4.69, 9.17) is 5.73 Å². The maximum Gasteiger partial charge on any atom is 0.239 e. The minimum absolute atomic E-state index is 0.0303. The summed E-state index contributed by atoms with van der Waals surface area (Å²) in [4.78, 5) is 14.9. The van der Waals surface area contributed by atoms with Gasteiger partial charge in [0, 0.05) is 11.9 Å². The lowest BCUT2D eigenvalue weighted by atomic mass is 10.1. The van der Waals surface area contributed by atoms with Crippen molar-refractivity contribution < 1.29 is 4.79 Å². The smallest absolute Gasteiger partial charge is 0.239 e. The molecule has 1 heterocycles. The van der Waals surface area contributed by atoms with Crippen LogP contribution in [0, 0.1) is 0 Å². The van der Waals surface area contributed by atoms with Crippen LogP contribution in [0.4, 0.5) is 0 Å². The highest BCUT2D eigenvalue weighted by Gasteiger charge is 2.22. The summed E-state index contributed by atoms with van der Waals surface area (Å²) in [6, 6.07) is 3.79. The first kappa shape index (κ1) is 13.2. The van der Waals surface area contributed by atoms with Gasteiger partial charge in [0.15, 0.2) is 0 Å². The number of nitrogens with two attached hydrogens (primary N) is 1. The predicted octanol–water partition coefficient (Wildman–Crippen LogP) is 2.39. The minimum Gasteiger partial charge on any atom is -0.337 e. The van der Waals surface area contributed by atoms with Gasteiger partial charge < -0.3 is 10.6 Å².